The van der Waals surface area contributed by atoms with E-state index in [4.69, 9.17) is 4.74 Å². The van der Waals surface area contributed by atoms with Gasteiger partial charge in [0.25, 0.3) is 5.91 Å². The summed E-state index contributed by atoms with van der Waals surface area (Å²) < 4.78 is 50.3. The number of hydrogen-bond donors (Lipinski definition) is 1. The van der Waals surface area contributed by atoms with E-state index >= 15 is 0 Å². The molecule has 68 heavy (non-hydrogen) atoms. The second kappa shape index (κ2) is 23.4. The van der Waals surface area contributed by atoms with Crippen molar-refractivity contribution in [1.82, 2.24) is 20.2 Å². The van der Waals surface area contributed by atoms with Crippen LogP contribution in [0.15, 0.2) is 89.1 Å². The monoisotopic (exact) mass is 935 g/mol. The number of hydrogen-bond acceptors (Lipinski definition) is 9. The molecule has 0 aromatic heterocycles. The smallest absolute Gasteiger partial charge is 0.372 e. The number of anilines is 2. The van der Waals surface area contributed by atoms with Gasteiger partial charge in [0.15, 0.2) is 0 Å². The highest BCUT2D eigenvalue weighted by Crippen LogP contribution is 2.40. The van der Waals surface area contributed by atoms with Crippen LogP contribution in [0.3, 0.4) is 0 Å². The number of ether oxygens (including phenoxy) is 1. The average molecular weight is 935 g/mol. The van der Waals surface area contributed by atoms with Crippen LogP contribution in [0.4, 0.5) is 24.5 Å². The first-order chi connectivity index (χ1) is 32.8. The lowest BCUT2D eigenvalue weighted by molar-refractivity contribution is -0.138. The Morgan fingerprint density at radius 1 is 0.941 bits per heavy atom. The highest BCUT2D eigenvalue weighted by molar-refractivity contribution is 6.10. The zero-order valence-corrected chi connectivity index (χ0v) is 39.6. The van der Waals surface area contributed by atoms with Crippen LogP contribution in [-0.2, 0) is 54.8 Å². The number of halogens is 3. The number of carbonyl (C=O) groups is 3. The van der Waals surface area contributed by atoms with Crippen LogP contribution in [0.5, 0.6) is 0 Å². The molecule has 2 amide bonds. The Balaban J connectivity index is 0.887. The van der Waals surface area contributed by atoms with Crippen LogP contribution in [0.1, 0.15) is 112 Å². The number of likely N-dealkylation sites (tertiary alicyclic amines) is 1. The molecular weight excluding hydrogens is 870 g/mol. The van der Waals surface area contributed by atoms with Crippen LogP contribution >= 0.6 is 0 Å². The number of alkyl halides is 3. The van der Waals surface area contributed by atoms with Gasteiger partial charge < -0.3 is 19.4 Å². The van der Waals surface area contributed by atoms with E-state index in [1.807, 2.05) is 49.3 Å². The maximum Gasteiger partial charge on any atom is 0.416 e. The molecule has 3 aliphatic heterocycles. The fourth-order valence-electron chi connectivity index (χ4n) is 9.60. The molecular formula is C53H65F3N8O4. The van der Waals surface area contributed by atoms with E-state index < -0.39 is 17.6 Å². The number of nitrogens with one attached hydrogen (secondary N) is 1. The van der Waals surface area contributed by atoms with E-state index in [-0.39, 0.29) is 36.2 Å². The molecule has 362 valence electrons. The molecule has 4 aromatic carbocycles. The molecule has 3 heterocycles. The lowest BCUT2D eigenvalue weighted by atomic mass is 9.89. The number of amides is 2. The summed E-state index contributed by atoms with van der Waals surface area (Å²) in [4.78, 5) is 45.7. The van der Waals surface area contributed by atoms with E-state index in [2.05, 4.69) is 69.4 Å². The number of likely N-dealkylation sites (N-methyl/N-ethyl adjacent to an activating group) is 1. The van der Waals surface area contributed by atoms with Crippen molar-refractivity contribution in [3.63, 3.8) is 0 Å². The maximum absolute atomic E-state index is 14.6. The quantitative estimate of drug-likeness (QED) is 0.0381. The molecule has 0 radical (unpaired) electrons. The molecule has 4 aromatic rings. The van der Waals surface area contributed by atoms with Crippen molar-refractivity contribution in [2.45, 2.75) is 103 Å². The molecule has 0 bridgehead atoms. The lowest BCUT2D eigenvalue weighted by Crippen LogP contribution is -2.39. The molecule has 1 N–H and O–H groups in total. The number of nitrogens with zero attached hydrogens (tertiary/aromatic N) is 7. The predicted octanol–water partition coefficient (Wildman–Crippen LogP) is 9.09. The standard InChI is InChI=1S/C53H65F3N8O4/c1-5-6-12-51(66)59-61(4)32-44-30-45(18-17-43(44)35-65)63-24-20-40(21-25-63)26-39-13-15-41(16-14-39)36-68-47-11-8-22-62(33-47)31-42-28-48-49(50(29-42)53(54,55)56)34-64(52(48)67)46-10-7-9-38(27-46)19-23-60(3)37-58-57-2/h7,9-10,13-18,27-30,35,37,40,47H,2,5-6,8,11-12,19-26,31-34,36H2,1,3-4H3,(H,59,66)/b58-37-. The third kappa shape index (κ3) is 13.4. The molecule has 0 aliphatic carbocycles. The number of benzene rings is 4. The minimum atomic E-state index is -4.61. The van der Waals surface area contributed by atoms with Gasteiger partial charge in [0.2, 0.25) is 5.91 Å². The van der Waals surface area contributed by atoms with Gasteiger partial charge in [-0.05, 0) is 133 Å². The van der Waals surface area contributed by atoms with Gasteiger partial charge >= 0.3 is 6.18 Å². The van der Waals surface area contributed by atoms with E-state index in [1.165, 1.54) is 16.5 Å². The van der Waals surface area contributed by atoms with Crippen molar-refractivity contribution in [1.29, 1.82) is 0 Å². The average Bonchev–Trinajstić information content (AvgIpc) is 3.66. The minimum Gasteiger partial charge on any atom is -0.372 e. The van der Waals surface area contributed by atoms with E-state index in [9.17, 15) is 27.6 Å². The van der Waals surface area contributed by atoms with Gasteiger partial charge in [-0.3, -0.25) is 24.7 Å². The largest absolute Gasteiger partial charge is 0.416 e. The Hall–Kier alpha value is -5.90. The number of rotatable bonds is 21. The number of aldehydes is 1. The molecule has 7 rings (SSSR count). The van der Waals surface area contributed by atoms with Crippen molar-refractivity contribution in [2.24, 2.45) is 16.1 Å². The molecule has 2 saturated heterocycles. The molecule has 1 atom stereocenters. The van der Waals surface area contributed by atoms with Gasteiger partial charge in [-0.1, -0.05) is 49.7 Å². The van der Waals surface area contributed by atoms with Crippen molar-refractivity contribution in [2.75, 3.05) is 56.6 Å². The van der Waals surface area contributed by atoms with Gasteiger partial charge in [0.05, 0.1) is 24.8 Å². The Labute approximate surface area is 398 Å². The van der Waals surface area contributed by atoms with Gasteiger partial charge in [-0.25, -0.2) is 5.01 Å². The summed E-state index contributed by atoms with van der Waals surface area (Å²) in [5.74, 6) is 0.105. The Kier molecular flexibility index (Phi) is 17.2. The second-order valence-electron chi connectivity index (χ2n) is 18.6. The molecule has 15 heteroatoms. The summed E-state index contributed by atoms with van der Waals surface area (Å²) in [6.07, 6.45) is 5.50. The number of unbranched alkanes of at least 4 members (excludes halogenated alkanes) is 1. The number of piperidine rings is 2. The SMILES string of the molecule is C=N/N=C\N(C)CCc1cccc(N2Cc3c(cc(CN4CCCC(OCc5ccc(CC6CCN(c7ccc(C=O)c(CN(C)NC(=O)CCCC)c7)CC6)cc5)C4)cc3C(F)(F)F)C2=O)c1. The van der Waals surface area contributed by atoms with E-state index in [1.54, 1.807) is 23.5 Å². The number of carbonyl (C=O) groups excluding carboxylic acids is 3. The third-order valence-corrected chi connectivity index (χ3v) is 13.3. The fraction of sp³-hybridized carbons (Fsp3) is 0.453. The molecule has 0 saturated carbocycles. The highest BCUT2D eigenvalue weighted by atomic mass is 19.4. The van der Waals surface area contributed by atoms with Crippen LogP contribution in [0.25, 0.3) is 0 Å². The van der Waals surface area contributed by atoms with Crippen LogP contribution in [-0.4, -0.2) is 98.9 Å². The first-order valence-corrected chi connectivity index (χ1v) is 23.9. The zero-order valence-electron chi connectivity index (χ0n) is 39.6. The number of fused-ring (bicyclic) bond motifs is 1. The predicted molar refractivity (Wildman–Crippen MR) is 262 cm³/mol. The Morgan fingerprint density at radius 3 is 2.46 bits per heavy atom. The van der Waals surface area contributed by atoms with Gasteiger partial charge in [0, 0.05) is 89.0 Å². The summed E-state index contributed by atoms with van der Waals surface area (Å²) in [5.41, 5.74) is 9.21. The second-order valence-corrected chi connectivity index (χ2v) is 18.6. The zero-order chi connectivity index (χ0) is 48.2. The first kappa shape index (κ1) is 50.0. The summed E-state index contributed by atoms with van der Waals surface area (Å²) >= 11 is 0. The van der Waals surface area contributed by atoms with Crippen LogP contribution in [0.2, 0.25) is 0 Å². The third-order valence-electron chi connectivity index (χ3n) is 13.3. The lowest BCUT2D eigenvalue weighted by Gasteiger charge is -2.34. The van der Waals surface area contributed by atoms with Gasteiger partial charge in [-0.15, -0.1) is 5.10 Å². The van der Waals surface area contributed by atoms with Gasteiger partial charge in [0.1, 0.15) is 12.6 Å². The van der Waals surface area contributed by atoms with Crippen LogP contribution in [0, 0.1) is 5.92 Å². The summed E-state index contributed by atoms with van der Waals surface area (Å²) in [5, 5.41) is 9.01. The van der Waals surface area contributed by atoms with E-state index in [0.29, 0.717) is 61.8 Å². The molecule has 12 nitrogen and oxygen atoms in total. The van der Waals surface area contributed by atoms with Crippen molar-refractivity contribution in [3.05, 3.63) is 129 Å². The first-order valence-electron chi connectivity index (χ1n) is 23.9. The maximum atomic E-state index is 14.6. The summed E-state index contributed by atoms with van der Waals surface area (Å²) in [6, 6.07) is 24.8. The molecule has 1 unspecified atom stereocenters. The van der Waals surface area contributed by atoms with Crippen molar-refractivity contribution >= 4 is 42.5 Å². The van der Waals surface area contributed by atoms with Crippen molar-refractivity contribution < 1.29 is 32.3 Å². The minimum absolute atomic E-state index is 0.0144. The number of hydrazine groups is 1. The highest BCUT2D eigenvalue weighted by Gasteiger charge is 2.41. The van der Waals surface area contributed by atoms with E-state index in [0.717, 1.165) is 93.2 Å². The van der Waals surface area contributed by atoms with Gasteiger partial charge in [-0.2, -0.15) is 18.3 Å². The molecule has 0 spiro atoms. The Bertz CT molecular complexity index is 2400. The van der Waals surface area contributed by atoms with Crippen molar-refractivity contribution in [3.8, 4) is 0 Å². The molecule has 3 aliphatic rings. The Morgan fingerprint density at radius 2 is 1.72 bits per heavy atom. The molecule has 2 fully saturated rings. The fourth-order valence-corrected chi connectivity index (χ4v) is 9.60. The topological polar surface area (TPSA) is 113 Å². The van der Waals surface area contributed by atoms with Crippen LogP contribution < -0.4 is 15.2 Å². The summed E-state index contributed by atoms with van der Waals surface area (Å²) in [6.45, 7) is 10.2. The summed E-state index contributed by atoms with van der Waals surface area (Å²) in [7, 11) is 3.68. The normalized spacial score (nSPS) is 17.0.